The van der Waals surface area contributed by atoms with Crippen LogP contribution in [0.2, 0.25) is 0 Å². The number of ether oxygens (including phenoxy) is 2. The number of carbonyl (C=O) groups is 1. The summed E-state index contributed by atoms with van der Waals surface area (Å²) < 4.78 is 11.4. The Morgan fingerprint density at radius 1 is 1.00 bits per heavy atom. The van der Waals surface area contributed by atoms with Crippen molar-refractivity contribution >= 4 is 5.78 Å². The van der Waals surface area contributed by atoms with Gasteiger partial charge in [-0.05, 0) is 31.2 Å². The molecule has 1 aliphatic heterocycles. The molecule has 0 saturated carbocycles. The zero-order chi connectivity index (χ0) is 18.8. The van der Waals surface area contributed by atoms with Gasteiger partial charge in [0.1, 0.15) is 0 Å². The minimum absolute atomic E-state index is 0.101. The van der Waals surface area contributed by atoms with E-state index in [2.05, 4.69) is 32.9 Å². The maximum atomic E-state index is 12.4. The zero-order valence-corrected chi connectivity index (χ0v) is 16.9. The van der Waals surface area contributed by atoms with Crippen molar-refractivity contribution in [2.24, 2.45) is 5.41 Å². The summed E-state index contributed by atoms with van der Waals surface area (Å²) in [6.07, 6.45) is 9.62. The molecule has 0 unspecified atom stereocenters. The van der Waals surface area contributed by atoms with Gasteiger partial charge in [0.2, 0.25) is 0 Å². The zero-order valence-electron chi connectivity index (χ0n) is 16.9. The van der Waals surface area contributed by atoms with Gasteiger partial charge in [0, 0.05) is 17.4 Å². The standard InChI is InChI=1S/C23H36O3/c1-4-5-6-7-8-10-19-13-15-20(16-14-19)21(24)11-9-12-22-25-17-23(2,3)18-26-22/h13-16,22H,4-12,17-18H2,1-3H3. The van der Waals surface area contributed by atoms with Gasteiger partial charge in [0.05, 0.1) is 13.2 Å². The third-order valence-electron chi connectivity index (χ3n) is 5.01. The highest BCUT2D eigenvalue weighted by Crippen LogP contribution is 2.25. The first-order chi connectivity index (χ1) is 12.5. The van der Waals surface area contributed by atoms with Crippen LogP contribution in [0.15, 0.2) is 24.3 Å². The Kier molecular flexibility index (Phi) is 8.80. The molecule has 1 saturated heterocycles. The maximum absolute atomic E-state index is 12.4. The van der Waals surface area contributed by atoms with Crippen LogP contribution in [0.3, 0.4) is 0 Å². The first kappa shape index (κ1) is 21.1. The number of hydrogen-bond donors (Lipinski definition) is 0. The predicted octanol–water partition coefficient (Wildman–Crippen LogP) is 5.95. The second-order valence-electron chi connectivity index (χ2n) is 8.39. The molecule has 1 aromatic carbocycles. The van der Waals surface area contributed by atoms with Crippen LogP contribution in [0.4, 0.5) is 0 Å². The Labute approximate surface area is 159 Å². The van der Waals surface area contributed by atoms with E-state index in [-0.39, 0.29) is 17.5 Å². The summed E-state index contributed by atoms with van der Waals surface area (Å²) in [5, 5.41) is 0. The summed E-state index contributed by atoms with van der Waals surface area (Å²) >= 11 is 0. The van der Waals surface area contributed by atoms with Crippen LogP contribution in [0.1, 0.15) is 88.1 Å². The van der Waals surface area contributed by atoms with E-state index < -0.39 is 0 Å². The van der Waals surface area contributed by atoms with Crippen LogP contribution >= 0.6 is 0 Å². The lowest BCUT2D eigenvalue weighted by Gasteiger charge is -2.34. The normalized spacial score (nSPS) is 17.3. The van der Waals surface area contributed by atoms with Crippen LogP contribution < -0.4 is 0 Å². The summed E-state index contributed by atoms with van der Waals surface area (Å²) in [4.78, 5) is 12.4. The van der Waals surface area contributed by atoms with Gasteiger partial charge in [-0.1, -0.05) is 70.7 Å². The van der Waals surface area contributed by atoms with Gasteiger partial charge in [-0.25, -0.2) is 0 Å². The van der Waals surface area contributed by atoms with Crippen molar-refractivity contribution in [1.29, 1.82) is 0 Å². The van der Waals surface area contributed by atoms with E-state index in [0.717, 1.165) is 38.0 Å². The fraction of sp³-hybridized carbons (Fsp3) is 0.696. The highest BCUT2D eigenvalue weighted by molar-refractivity contribution is 5.96. The molecule has 0 radical (unpaired) electrons. The summed E-state index contributed by atoms with van der Waals surface area (Å²) in [5.41, 5.74) is 2.26. The number of rotatable bonds is 11. The highest BCUT2D eigenvalue weighted by Gasteiger charge is 2.28. The number of hydrogen-bond acceptors (Lipinski definition) is 3. The second-order valence-corrected chi connectivity index (χ2v) is 8.39. The topological polar surface area (TPSA) is 35.5 Å². The molecule has 3 heteroatoms. The third-order valence-corrected chi connectivity index (χ3v) is 5.01. The molecule has 0 aliphatic carbocycles. The van der Waals surface area contributed by atoms with E-state index in [0.29, 0.717) is 6.42 Å². The molecule has 146 valence electrons. The lowest BCUT2D eigenvalue weighted by Crippen LogP contribution is -2.37. The molecular formula is C23H36O3. The molecule has 0 bridgehead atoms. The van der Waals surface area contributed by atoms with Crippen LogP contribution in [0.25, 0.3) is 0 Å². The van der Waals surface area contributed by atoms with Crippen molar-refractivity contribution in [1.82, 2.24) is 0 Å². The van der Waals surface area contributed by atoms with Crippen LogP contribution in [-0.4, -0.2) is 25.3 Å². The van der Waals surface area contributed by atoms with Crippen LogP contribution in [-0.2, 0) is 15.9 Å². The molecule has 2 rings (SSSR count). The quantitative estimate of drug-likeness (QED) is 0.361. The third kappa shape index (κ3) is 7.59. The molecular weight excluding hydrogens is 324 g/mol. The van der Waals surface area contributed by atoms with Gasteiger partial charge >= 0.3 is 0 Å². The predicted molar refractivity (Wildman–Crippen MR) is 107 cm³/mol. The summed E-state index contributed by atoms with van der Waals surface area (Å²) in [6.45, 7) is 7.98. The lowest BCUT2D eigenvalue weighted by atomic mass is 9.95. The fourth-order valence-electron chi connectivity index (χ4n) is 3.26. The van der Waals surface area contributed by atoms with Gasteiger partial charge in [-0.3, -0.25) is 4.79 Å². The first-order valence-corrected chi connectivity index (χ1v) is 10.4. The number of benzene rings is 1. The van der Waals surface area contributed by atoms with Crippen molar-refractivity contribution in [3.63, 3.8) is 0 Å². The second kappa shape index (κ2) is 10.8. The Morgan fingerprint density at radius 3 is 2.31 bits per heavy atom. The molecule has 1 aromatic rings. The van der Waals surface area contributed by atoms with Crippen LogP contribution in [0.5, 0.6) is 0 Å². The van der Waals surface area contributed by atoms with Gasteiger partial charge in [0.15, 0.2) is 12.1 Å². The Hall–Kier alpha value is -1.19. The fourth-order valence-corrected chi connectivity index (χ4v) is 3.26. The average Bonchev–Trinajstić information content (AvgIpc) is 2.63. The molecule has 0 aromatic heterocycles. The number of ketones is 1. The largest absolute Gasteiger partial charge is 0.352 e. The number of aryl methyl sites for hydroxylation is 1. The molecule has 26 heavy (non-hydrogen) atoms. The van der Waals surface area contributed by atoms with Crippen molar-refractivity contribution in [2.75, 3.05) is 13.2 Å². The number of carbonyl (C=O) groups excluding carboxylic acids is 1. The van der Waals surface area contributed by atoms with E-state index in [4.69, 9.17) is 9.47 Å². The molecule has 0 N–H and O–H groups in total. The molecule has 1 heterocycles. The summed E-state index contributed by atoms with van der Waals surface area (Å²) in [7, 11) is 0. The minimum Gasteiger partial charge on any atom is -0.352 e. The summed E-state index contributed by atoms with van der Waals surface area (Å²) in [5.74, 6) is 0.218. The van der Waals surface area contributed by atoms with Crippen molar-refractivity contribution in [2.45, 2.75) is 84.8 Å². The molecule has 3 nitrogen and oxygen atoms in total. The van der Waals surface area contributed by atoms with Crippen molar-refractivity contribution < 1.29 is 14.3 Å². The van der Waals surface area contributed by atoms with Gasteiger partial charge in [-0.2, -0.15) is 0 Å². The molecule has 1 fully saturated rings. The van der Waals surface area contributed by atoms with Gasteiger partial charge in [0.25, 0.3) is 0 Å². The lowest BCUT2D eigenvalue weighted by molar-refractivity contribution is -0.223. The smallest absolute Gasteiger partial charge is 0.162 e. The molecule has 0 spiro atoms. The minimum atomic E-state index is -0.147. The van der Waals surface area contributed by atoms with Crippen molar-refractivity contribution in [3.8, 4) is 0 Å². The Balaban J connectivity index is 1.64. The first-order valence-electron chi connectivity index (χ1n) is 10.4. The monoisotopic (exact) mass is 360 g/mol. The van der Waals surface area contributed by atoms with Gasteiger partial charge < -0.3 is 9.47 Å². The highest BCUT2D eigenvalue weighted by atomic mass is 16.7. The number of Topliss-reactive ketones (excluding diaryl/α,β-unsaturated/α-hetero) is 1. The molecule has 1 aliphatic rings. The SMILES string of the molecule is CCCCCCCc1ccc(C(=O)CCCC2OCC(C)(C)CO2)cc1. The van der Waals surface area contributed by atoms with E-state index in [1.807, 2.05) is 12.1 Å². The van der Waals surface area contributed by atoms with E-state index in [9.17, 15) is 4.79 Å². The molecule has 0 atom stereocenters. The Bertz CT molecular complexity index is 523. The van der Waals surface area contributed by atoms with Crippen molar-refractivity contribution in [3.05, 3.63) is 35.4 Å². The van der Waals surface area contributed by atoms with Gasteiger partial charge in [-0.15, -0.1) is 0 Å². The van der Waals surface area contributed by atoms with Crippen LogP contribution in [0, 0.1) is 5.41 Å². The average molecular weight is 361 g/mol. The maximum Gasteiger partial charge on any atom is 0.162 e. The van der Waals surface area contributed by atoms with E-state index in [1.54, 1.807) is 0 Å². The Morgan fingerprint density at radius 2 is 1.65 bits per heavy atom. The number of unbranched alkanes of at least 4 members (excludes halogenated alkanes) is 4. The van der Waals surface area contributed by atoms with E-state index >= 15 is 0 Å². The summed E-state index contributed by atoms with van der Waals surface area (Å²) in [6, 6.07) is 8.20. The van der Waals surface area contributed by atoms with E-state index in [1.165, 1.54) is 37.7 Å². The molecule has 0 amide bonds.